The Hall–Kier alpha value is -3.13. The minimum absolute atomic E-state index is 0.0287. The fraction of sp³-hybridized carbons (Fsp3) is 0.458. The van der Waals surface area contributed by atoms with E-state index >= 15 is 0 Å². The van der Waals surface area contributed by atoms with E-state index in [9.17, 15) is 9.59 Å². The number of hydrogen-bond donors (Lipinski definition) is 2. The molecule has 0 bridgehead atoms. The van der Waals surface area contributed by atoms with Crippen molar-refractivity contribution in [1.29, 1.82) is 0 Å². The summed E-state index contributed by atoms with van der Waals surface area (Å²) in [6.07, 6.45) is 3.91. The molecule has 2 amide bonds. The van der Waals surface area contributed by atoms with Gasteiger partial charge >= 0.3 is 0 Å². The molecule has 2 N–H and O–H groups in total. The maximum absolute atomic E-state index is 12.4. The van der Waals surface area contributed by atoms with Crippen LogP contribution in [0.4, 0.5) is 17.2 Å². The number of aromatic nitrogens is 1. The molecule has 0 radical (unpaired) electrons. The molecule has 1 aromatic carbocycles. The van der Waals surface area contributed by atoms with Gasteiger partial charge in [0.25, 0.3) is 5.91 Å². The molecule has 2 saturated heterocycles. The monoisotopic (exact) mass is 434 g/mol. The number of hydrogen-bond acceptors (Lipinski definition) is 6. The third-order valence-corrected chi connectivity index (χ3v) is 6.62. The first kappa shape index (κ1) is 20.8. The summed E-state index contributed by atoms with van der Waals surface area (Å²) in [4.78, 5) is 36.0. The molecule has 5 rings (SSSR count). The summed E-state index contributed by atoms with van der Waals surface area (Å²) in [5.41, 5.74) is 3.82. The minimum Gasteiger partial charge on any atom is -0.369 e. The second-order valence-corrected chi connectivity index (χ2v) is 8.72. The van der Waals surface area contributed by atoms with Crippen LogP contribution in [0.1, 0.15) is 35.7 Å². The normalized spacial score (nSPS) is 20.5. The van der Waals surface area contributed by atoms with Crippen molar-refractivity contribution in [2.24, 2.45) is 0 Å². The zero-order valence-electron chi connectivity index (χ0n) is 18.5. The number of carbonyl (C=O) groups is 2. The molecule has 8 nitrogen and oxygen atoms in total. The lowest BCUT2D eigenvalue weighted by molar-refractivity contribution is -0.117. The van der Waals surface area contributed by atoms with E-state index in [0.717, 1.165) is 74.9 Å². The van der Waals surface area contributed by atoms with Gasteiger partial charge in [-0.2, -0.15) is 0 Å². The Bertz CT molecular complexity index is 1000. The zero-order valence-corrected chi connectivity index (χ0v) is 18.5. The van der Waals surface area contributed by atoms with E-state index < -0.39 is 0 Å². The number of anilines is 3. The Morgan fingerprint density at radius 2 is 1.94 bits per heavy atom. The highest BCUT2D eigenvalue weighted by atomic mass is 16.2. The van der Waals surface area contributed by atoms with Crippen LogP contribution in [0.25, 0.3) is 0 Å². The summed E-state index contributed by atoms with van der Waals surface area (Å²) >= 11 is 0. The van der Waals surface area contributed by atoms with Gasteiger partial charge in [-0.25, -0.2) is 4.98 Å². The Kier molecular flexibility index (Phi) is 5.70. The maximum atomic E-state index is 12.4. The van der Waals surface area contributed by atoms with Gasteiger partial charge in [-0.15, -0.1) is 0 Å². The van der Waals surface area contributed by atoms with Gasteiger partial charge in [0.1, 0.15) is 6.04 Å². The van der Waals surface area contributed by atoms with Crippen LogP contribution in [0.3, 0.4) is 0 Å². The molecule has 168 valence electrons. The number of benzene rings is 1. The van der Waals surface area contributed by atoms with Crippen molar-refractivity contribution in [2.45, 2.75) is 32.4 Å². The van der Waals surface area contributed by atoms with E-state index in [2.05, 4.69) is 31.4 Å². The van der Waals surface area contributed by atoms with E-state index in [0.29, 0.717) is 12.1 Å². The molecule has 0 spiro atoms. The highest BCUT2D eigenvalue weighted by Crippen LogP contribution is 2.35. The molecule has 1 atom stereocenters. The molecule has 3 aliphatic heterocycles. The Labute approximate surface area is 188 Å². The minimum atomic E-state index is -0.0518. The van der Waals surface area contributed by atoms with E-state index in [1.807, 2.05) is 37.4 Å². The summed E-state index contributed by atoms with van der Waals surface area (Å²) in [7, 11) is 0. The molecule has 1 aromatic heterocycles. The van der Waals surface area contributed by atoms with E-state index in [1.165, 1.54) is 0 Å². The second-order valence-electron chi connectivity index (χ2n) is 8.72. The molecule has 0 aliphatic carbocycles. The number of nitrogens with zero attached hydrogens (tertiary/aromatic N) is 4. The van der Waals surface area contributed by atoms with Crippen LogP contribution in [0.5, 0.6) is 0 Å². The molecular weight excluding hydrogens is 404 g/mol. The van der Waals surface area contributed by atoms with Crippen molar-refractivity contribution in [2.75, 3.05) is 54.4 Å². The lowest BCUT2D eigenvalue weighted by Gasteiger charge is -2.36. The Balaban J connectivity index is 1.18. The zero-order chi connectivity index (χ0) is 22.1. The van der Waals surface area contributed by atoms with Crippen LogP contribution in [0.15, 0.2) is 36.5 Å². The highest BCUT2D eigenvalue weighted by molar-refractivity contribution is 6.03. The number of carbonyl (C=O) groups excluding carboxylic acids is 2. The largest absolute Gasteiger partial charge is 0.369 e. The summed E-state index contributed by atoms with van der Waals surface area (Å²) in [5.74, 6) is 0.983. The maximum Gasteiger partial charge on any atom is 0.251 e. The van der Waals surface area contributed by atoms with Crippen LogP contribution in [-0.4, -0.2) is 67.0 Å². The number of piperazine rings is 1. The fourth-order valence-corrected chi connectivity index (χ4v) is 4.93. The number of fused-ring (bicyclic) bond motifs is 3. The van der Waals surface area contributed by atoms with Crippen molar-refractivity contribution in [1.82, 2.24) is 15.2 Å². The predicted octanol–water partition coefficient (Wildman–Crippen LogP) is 2.07. The molecule has 0 saturated carbocycles. The van der Waals surface area contributed by atoms with Gasteiger partial charge in [0.2, 0.25) is 5.91 Å². The molecule has 4 heterocycles. The average molecular weight is 435 g/mol. The fourth-order valence-electron chi connectivity index (χ4n) is 4.93. The Morgan fingerprint density at radius 3 is 2.69 bits per heavy atom. The predicted molar refractivity (Wildman–Crippen MR) is 125 cm³/mol. The first-order chi connectivity index (χ1) is 15.6. The molecule has 8 heteroatoms. The molecule has 3 aliphatic rings. The number of amides is 2. The number of nitrogens with one attached hydrogen (secondary N) is 2. The van der Waals surface area contributed by atoms with Crippen LogP contribution in [-0.2, 0) is 11.3 Å². The van der Waals surface area contributed by atoms with Crippen molar-refractivity contribution < 1.29 is 9.59 Å². The van der Waals surface area contributed by atoms with Crippen LogP contribution < -0.4 is 20.4 Å². The average Bonchev–Trinajstić information content (AvgIpc) is 3.31. The van der Waals surface area contributed by atoms with Crippen molar-refractivity contribution in [3.05, 3.63) is 47.7 Å². The van der Waals surface area contributed by atoms with E-state index in [1.54, 1.807) is 0 Å². The third-order valence-electron chi connectivity index (χ3n) is 6.62. The topological polar surface area (TPSA) is 80.8 Å². The van der Waals surface area contributed by atoms with Crippen LogP contribution >= 0.6 is 0 Å². The standard InChI is InChI=1S/C24H30N6O2/c1-2-25-23(31)18-5-7-19(8-6-18)29-12-10-28(11-13-29)16-17-14-20-22(26-15-17)30-9-3-4-21(30)24(32)27-20/h5-8,14-15,21H,2-4,9-13,16H2,1H3,(H,25,31)(H,27,32). The third kappa shape index (κ3) is 4.02. The number of rotatable bonds is 5. The smallest absolute Gasteiger partial charge is 0.251 e. The van der Waals surface area contributed by atoms with Crippen molar-refractivity contribution in [3.63, 3.8) is 0 Å². The van der Waals surface area contributed by atoms with Gasteiger partial charge in [0.05, 0.1) is 5.69 Å². The van der Waals surface area contributed by atoms with Gasteiger partial charge in [-0.3, -0.25) is 14.5 Å². The molecule has 2 aromatic rings. The van der Waals surface area contributed by atoms with Gasteiger partial charge < -0.3 is 20.4 Å². The lowest BCUT2D eigenvalue weighted by atomic mass is 10.1. The number of pyridine rings is 1. The van der Waals surface area contributed by atoms with Crippen LogP contribution in [0, 0.1) is 0 Å². The first-order valence-electron chi connectivity index (χ1n) is 11.5. The highest BCUT2D eigenvalue weighted by Gasteiger charge is 2.37. The Morgan fingerprint density at radius 1 is 1.16 bits per heavy atom. The van der Waals surface area contributed by atoms with E-state index in [4.69, 9.17) is 4.98 Å². The summed E-state index contributed by atoms with van der Waals surface area (Å²) in [6.45, 7) is 8.06. The van der Waals surface area contributed by atoms with Gasteiger partial charge in [0.15, 0.2) is 5.82 Å². The molecule has 2 fully saturated rings. The summed E-state index contributed by atoms with van der Waals surface area (Å²) in [5, 5.41) is 5.89. The quantitative estimate of drug-likeness (QED) is 0.750. The van der Waals surface area contributed by atoms with Gasteiger partial charge in [0, 0.05) is 63.3 Å². The summed E-state index contributed by atoms with van der Waals surface area (Å²) in [6, 6.07) is 9.88. The SMILES string of the molecule is CCNC(=O)c1ccc(N2CCN(Cc3cnc4c(c3)NC(=O)C3CCCN43)CC2)cc1. The molecular formula is C24H30N6O2. The van der Waals surface area contributed by atoms with Crippen LogP contribution in [0.2, 0.25) is 0 Å². The first-order valence-corrected chi connectivity index (χ1v) is 11.5. The summed E-state index contributed by atoms with van der Waals surface area (Å²) < 4.78 is 0. The van der Waals surface area contributed by atoms with Gasteiger partial charge in [-0.1, -0.05) is 0 Å². The molecule has 1 unspecified atom stereocenters. The van der Waals surface area contributed by atoms with Crippen molar-refractivity contribution in [3.8, 4) is 0 Å². The van der Waals surface area contributed by atoms with Gasteiger partial charge in [-0.05, 0) is 55.7 Å². The molecule has 32 heavy (non-hydrogen) atoms. The van der Waals surface area contributed by atoms with Crippen molar-refractivity contribution >= 4 is 29.0 Å². The van der Waals surface area contributed by atoms with E-state index in [-0.39, 0.29) is 17.9 Å². The lowest BCUT2D eigenvalue weighted by Crippen LogP contribution is -2.46. The second kappa shape index (κ2) is 8.78.